The molecule has 0 aliphatic heterocycles. The van der Waals surface area contributed by atoms with Crippen LogP contribution < -0.4 is 11.1 Å². The Balaban J connectivity index is 1.96. The summed E-state index contributed by atoms with van der Waals surface area (Å²) in [6.45, 7) is 2.43. The van der Waals surface area contributed by atoms with E-state index < -0.39 is 0 Å². The van der Waals surface area contributed by atoms with Gasteiger partial charge in [0.2, 0.25) is 5.95 Å². The van der Waals surface area contributed by atoms with Crippen LogP contribution >= 0.6 is 0 Å². The van der Waals surface area contributed by atoms with Crippen LogP contribution in [0.25, 0.3) is 10.9 Å². The molecule has 2 rings (SSSR count). The number of methoxy groups -OCH3 is 1. The number of para-hydroxylation sites is 1. The monoisotopic (exact) mass is 262 g/mol. The Labute approximate surface area is 111 Å². The largest absolute Gasteiger partial charge is 0.382 e. The lowest BCUT2D eigenvalue weighted by Gasteiger charge is -2.09. The van der Waals surface area contributed by atoms with Crippen molar-refractivity contribution in [2.24, 2.45) is 0 Å². The van der Waals surface area contributed by atoms with E-state index in [-0.39, 0.29) is 5.95 Å². The van der Waals surface area contributed by atoms with E-state index in [9.17, 15) is 0 Å². The predicted octanol–water partition coefficient (Wildman–Crippen LogP) is 1.29. The Bertz CT molecular complexity index is 533. The molecule has 0 bridgehead atoms. The van der Waals surface area contributed by atoms with Crippen LogP contribution in [0.5, 0.6) is 0 Å². The Kier molecular flexibility index (Phi) is 4.88. The third-order valence-corrected chi connectivity index (χ3v) is 2.59. The second-order valence-electron chi connectivity index (χ2n) is 3.98. The van der Waals surface area contributed by atoms with Crippen molar-refractivity contribution in [3.63, 3.8) is 0 Å². The number of fused-ring (bicyclic) bond motifs is 1. The smallest absolute Gasteiger partial charge is 0.222 e. The molecule has 0 spiro atoms. The van der Waals surface area contributed by atoms with Crippen molar-refractivity contribution in [3.8, 4) is 0 Å². The van der Waals surface area contributed by atoms with Gasteiger partial charge in [0.1, 0.15) is 5.82 Å². The number of anilines is 2. The number of hydrogen-bond acceptors (Lipinski definition) is 6. The number of nitrogens with zero attached hydrogens (tertiary/aromatic N) is 2. The molecular weight excluding hydrogens is 244 g/mol. The minimum Gasteiger partial charge on any atom is -0.382 e. The molecule has 6 nitrogen and oxygen atoms in total. The van der Waals surface area contributed by atoms with Crippen molar-refractivity contribution < 1.29 is 9.47 Å². The molecule has 6 heteroatoms. The van der Waals surface area contributed by atoms with Crippen LogP contribution in [0.4, 0.5) is 11.8 Å². The zero-order valence-corrected chi connectivity index (χ0v) is 10.9. The number of aromatic nitrogens is 2. The van der Waals surface area contributed by atoms with Gasteiger partial charge in [0.05, 0.1) is 25.3 Å². The highest BCUT2D eigenvalue weighted by Crippen LogP contribution is 2.20. The summed E-state index contributed by atoms with van der Waals surface area (Å²) < 4.78 is 10.3. The van der Waals surface area contributed by atoms with Crippen LogP contribution in [0.1, 0.15) is 0 Å². The third-order valence-electron chi connectivity index (χ3n) is 2.59. The van der Waals surface area contributed by atoms with Gasteiger partial charge in [0.25, 0.3) is 0 Å². The van der Waals surface area contributed by atoms with Gasteiger partial charge in [-0.25, -0.2) is 4.98 Å². The van der Waals surface area contributed by atoms with E-state index in [2.05, 4.69) is 15.3 Å². The highest BCUT2D eigenvalue weighted by Gasteiger charge is 2.04. The van der Waals surface area contributed by atoms with Crippen LogP contribution in [0, 0.1) is 0 Å². The molecule has 0 atom stereocenters. The Morgan fingerprint density at radius 3 is 2.84 bits per heavy atom. The summed E-state index contributed by atoms with van der Waals surface area (Å²) in [6, 6.07) is 7.74. The number of hydrogen-bond donors (Lipinski definition) is 2. The van der Waals surface area contributed by atoms with Crippen molar-refractivity contribution in [1.82, 2.24) is 9.97 Å². The van der Waals surface area contributed by atoms with E-state index in [1.165, 1.54) is 0 Å². The topological polar surface area (TPSA) is 82.3 Å². The molecule has 102 valence electrons. The van der Waals surface area contributed by atoms with E-state index in [1.807, 2.05) is 24.3 Å². The quantitative estimate of drug-likeness (QED) is 0.732. The van der Waals surface area contributed by atoms with Gasteiger partial charge >= 0.3 is 0 Å². The number of benzene rings is 1. The minimum atomic E-state index is 0.265. The van der Waals surface area contributed by atoms with Gasteiger partial charge in [-0.3, -0.25) is 0 Å². The minimum absolute atomic E-state index is 0.265. The highest BCUT2D eigenvalue weighted by molar-refractivity contribution is 5.89. The van der Waals surface area contributed by atoms with Crippen LogP contribution in [0.2, 0.25) is 0 Å². The maximum atomic E-state index is 5.68. The Hall–Kier alpha value is -1.92. The van der Waals surface area contributed by atoms with E-state index in [0.717, 1.165) is 16.7 Å². The van der Waals surface area contributed by atoms with Crippen molar-refractivity contribution in [3.05, 3.63) is 24.3 Å². The fourth-order valence-corrected chi connectivity index (χ4v) is 1.72. The van der Waals surface area contributed by atoms with Crippen molar-refractivity contribution >= 4 is 22.7 Å². The molecule has 0 aliphatic rings. The molecule has 2 aromatic rings. The van der Waals surface area contributed by atoms with Crippen LogP contribution in [0.15, 0.2) is 24.3 Å². The maximum Gasteiger partial charge on any atom is 0.222 e. The summed E-state index contributed by atoms with van der Waals surface area (Å²) in [5.41, 5.74) is 6.52. The first-order valence-electron chi connectivity index (χ1n) is 6.14. The van der Waals surface area contributed by atoms with Crippen LogP contribution in [-0.2, 0) is 9.47 Å². The zero-order valence-electron chi connectivity index (χ0n) is 10.9. The first kappa shape index (κ1) is 13.5. The van der Waals surface area contributed by atoms with Gasteiger partial charge in [-0.05, 0) is 12.1 Å². The summed E-state index contributed by atoms with van der Waals surface area (Å²) in [6.07, 6.45) is 0. The van der Waals surface area contributed by atoms with Crippen LogP contribution in [0.3, 0.4) is 0 Å². The standard InChI is InChI=1S/C13H18N4O2/c1-18-8-9-19-7-6-15-12-10-4-2-3-5-11(10)16-13(14)17-12/h2-5H,6-9H2,1H3,(H3,14,15,16,17). The molecular formula is C13H18N4O2. The van der Waals surface area contributed by atoms with E-state index in [0.29, 0.717) is 26.4 Å². The lowest BCUT2D eigenvalue weighted by Crippen LogP contribution is -2.13. The molecule has 1 heterocycles. The zero-order chi connectivity index (χ0) is 13.5. The van der Waals surface area contributed by atoms with E-state index >= 15 is 0 Å². The number of nitrogens with two attached hydrogens (primary N) is 1. The molecule has 0 fully saturated rings. The summed E-state index contributed by atoms with van der Waals surface area (Å²) >= 11 is 0. The molecule has 1 aromatic heterocycles. The van der Waals surface area contributed by atoms with E-state index in [1.54, 1.807) is 7.11 Å². The second kappa shape index (κ2) is 6.86. The first-order chi connectivity index (χ1) is 9.31. The van der Waals surface area contributed by atoms with Gasteiger partial charge in [0, 0.05) is 19.0 Å². The lowest BCUT2D eigenvalue weighted by atomic mass is 10.2. The van der Waals surface area contributed by atoms with Crippen molar-refractivity contribution in [2.75, 3.05) is 44.5 Å². The molecule has 0 aliphatic carbocycles. The normalized spacial score (nSPS) is 10.8. The fraction of sp³-hybridized carbons (Fsp3) is 0.385. The van der Waals surface area contributed by atoms with Gasteiger partial charge in [-0.15, -0.1) is 0 Å². The lowest BCUT2D eigenvalue weighted by molar-refractivity contribution is 0.0759. The summed E-state index contributed by atoms with van der Waals surface area (Å²) in [4.78, 5) is 8.39. The van der Waals surface area contributed by atoms with E-state index in [4.69, 9.17) is 15.2 Å². The average Bonchev–Trinajstić information content (AvgIpc) is 2.42. The average molecular weight is 262 g/mol. The molecule has 0 saturated heterocycles. The van der Waals surface area contributed by atoms with Gasteiger partial charge in [-0.2, -0.15) is 4.98 Å². The molecule has 3 N–H and O–H groups in total. The summed E-state index contributed by atoms with van der Waals surface area (Å²) in [5.74, 6) is 1.000. The predicted molar refractivity (Wildman–Crippen MR) is 75.1 cm³/mol. The second-order valence-corrected chi connectivity index (χ2v) is 3.98. The summed E-state index contributed by atoms with van der Waals surface area (Å²) in [5, 5.41) is 4.16. The van der Waals surface area contributed by atoms with Crippen molar-refractivity contribution in [1.29, 1.82) is 0 Å². The molecule has 0 saturated carbocycles. The Morgan fingerprint density at radius 2 is 2.00 bits per heavy atom. The molecule has 0 unspecified atom stereocenters. The number of nitrogens with one attached hydrogen (secondary N) is 1. The van der Waals surface area contributed by atoms with Gasteiger partial charge in [0.15, 0.2) is 0 Å². The number of ether oxygens (including phenoxy) is 2. The summed E-state index contributed by atoms with van der Waals surface area (Å²) in [7, 11) is 1.65. The molecule has 1 aromatic carbocycles. The highest BCUT2D eigenvalue weighted by atomic mass is 16.5. The Morgan fingerprint density at radius 1 is 1.16 bits per heavy atom. The molecule has 19 heavy (non-hydrogen) atoms. The SMILES string of the molecule is COCCOCCNc1nc(N)nc2ccccc12. The van der Waals surface area contributed by atoms with Gasteiger partial charge < -0.3 is 20.5 Å². The number of nitrogen functional groups attached to an aromatic ring is 1. The molecule has 0 radical (unpaired) electrons. The van der Waals surface area contributed by atoms with Crippen molar-refractivity contribution in [2.45, 2.75) is 0 Å². The first-order valence-corrected chi connectivity index (χ1v) is 6.14. The van der Waals surface area contributed by atoms with Crippen LogP contribution in [-0.4, -0.2) is 43.4 Å². The fourth-order valence-electron chi connectivity index (χ4n) is 1.72. The maximum absolute atomic E-state index is 5.68. The van der Waals surface area contributed by atoms with Gasteiger partial charge in [-0.1, -0.05) is 12.1 Å². The third kappa shape index (κ3) is 3.77. The number of rotatable bonds is 7. The molecule has 0 amide bonds.